The maximum Gasteiger partial charge on any atom is 0.260 e. The maximum atomic E-state index is 12.2. The molecule has 106 valence electrons. The zero-order valence-electron chi connectivity index (χ0n) is 11.4. The van der Waals surface area contributed by atoms with Crippen LogP contribution in [0.4, 0.5) is 11.5 Å². The van der Waals surface area contributed by atoms with Crippen LogP contribution in [0.2, 0.25) is 0 Å². The minimum atomic E-state index is -0.238. The second-order valence-corrected chi connectivity index (χ2v) is 4.58. The van der Waals surface area contributed by atoms with E-state index in [1.165, 1.54) is 6.20 Å². The molecule has 7 nitrogen and oxygen atoms in total. The van der Waals surface area contributed by atoms with Crippen LogP contribution in [0.5, 0.6) is 0 Å². The number of benzene rings is 1. The lowest BCUT2D eigenvalue weighted by Gasteiger charge is -2.09. The zero-order valence-corrected chi connectivity index (χ0v) is 11.4. The lowest BCUT2D eigenvalue weighted by molar-refractivity contribution is 0.102. The Balaban J connectivity index is 1.88. The molecule has 0 bridgehead atoms. The Morgan fingerprint density at radius 3 is 2.71 bits per heavy atom. The average molecular weight is 282 g/mol. The van der Waals surface area contributed by atoms with Gasteiger partial charge >= 0.3 is 0 Å². The van der Waals surface area contributed by atoms with Gasteiger partial charge in [-0.2, -0.15) is 10.2 Å². The summed E-state index contributed by atoms with van der Waals surface area (Å²) in [6, 6.07) is 8.96. The highest BCUT2D eigenvalue weighted by Crippen LogP contribution is 2.17. The Bertz CT molecular complexity index is 771. The number of nitrogen functional groups attached to an aromatic ring is 1. The number of hydrogen-bond acceptors (Lipinski definition) is 4. The van der Waals surface area contributed by atoms with Gasteiger partial charge in [-0.15, -0.1) is 0 Å². The molecule has 21 heavy (non-hydrogen) atoms. The van der Waals surface area contributed by atoms with Crippen LogP contribution < -0.4 is 11.1 Å². The van der Waals surface area contributed by atoms with Gasteiger partial charge < -0.3 is 11.1 Å². The fraction of sp³-hybridized carbons (Fsp3) is 0.0714. The van der Waals surface area contributed by atoms with E-state index >= 15 is 0 Å². The highest BCUT2D eigenvalue weighted by atomic mass is 16.1. The number of amides is 1. The second-order valence-electron chi connectivity index (χ2n) is 4.58. The molecule has 0 saturated heterocycles. The van der Waals surface area contributed by atoms with Crippen molar-refractivity contribution in [1.29, 1.82) is 0 Å². The minimum absolute atomic E-state index is 0.238. The van der Waals surface area contributed by atoms with E-state index in [1.54, 1.807) is 36.0 Å². The molecule has 4 N–H and O–H groups in total. The summed E-state index contributed by atoms with van der Waals surface area (Å²) >= 11 is 0. The van der Waals surface area contributed by atoms with E-state index in [0.29, 0.717) is 22.8 Å². The number of carbonyl (C=O) groups is 1. The van der Waals surface area contributed by atoms with E-state index in [4.69, 9.17) is 5.73 Å². The fourth-order valence-electron chi connectivity index (χ4n) is 1.98. The molecule has 0 saturated carbocycles. The molecule has 0 radical (unpaired) electrons. The van der Waals surface area contributed by atoms with Gasteiger partial charge in [0, 0.05) is 17.4 Å². The van der Waals surface area contributed by atoms with E-state index in [-0.39, 0.29) is 5.91 Å². The topological polar surface area (TPSA) is 102 Å². The second kappa shape index (κ2) is 5.12. The van der Waals surface area contributed by atoms with Crippen LogP contribution in [-0.2, 0) is 0 Å². The molecule has 0 unspecified atom stereocenters. The van der Waals surface area contributed by atoms with Crippen LogP contribution in [0.15, 0.2) is 42.7 Å². The van der Waals surface area contributed by atoms with Crippen molar-refractivity contribution in [3.8, 4) is 5.69 Å². The molecule has 0 aliphatic rings. The molecule has 3 rings (SSSR count). The molecular weight excluding hydrogens is 268 g/mol. The first-order valence-electron chi connectivity index (χ1n) is 6.36. The number of carbonyl (C=O) groups excluding carboxylic acids is 1. The predicted octanol–water partition coefficient (Wildman–Crippen LogP) is 1.74. The first kappa shape index (κ1) is 12.9. The highest BCUT2D eigenvalue weighted by molar-refractivity contribution is 6.04. The van der Waals surface area contributed by atoms with Gasteiger partial charge in [-0.1, -0.05) is 0 Å². The van der Waals surface area contributed by atoms with Crippen LogP contribution in [0.25, 0.3) is 5.69 Å². The zero-order chi connectivity index (χ0) is 14.8. The third-order valence-electron chi connectivity index (χ3n) is 3.10. The van der Waals surface area contributed by atoms with E-state index < -0.39 is 0 Å². The molecule has 1 amide bonds. The molecule has 1 aromatic carbocycles. The quantitative estimate of drug-likeness (QED) is 0.637. The van der Waals surface area contributed by atoms with Crippen molar-refractivity contribution in [2.45, 2.75) is 6.92 Å². The number of aromatic amines is 1. The number of H-pyrrole nitrogens is 1. The average Bonchev–Trinajstić information content (AvgIpc) is 3.09. The lowest BCUT2D eigenvalue weighted by Crippen LogP contribution is -2.15. The molecule has 2 aromatic heterocycles. The standard InChI is InChI=1S/C14H14N6O/c1-9-12(8-16-19-9)14(21)18-13-6-7-17-20(13)11-4-2-10(15)3-5-11/h2-8H,15H2,1H3,(H,16,19)(H,18,21). The van der Waals surface area contributed by atoms with Gasteiger partial charge in [0.15, 0.2) is 0 Å². The van der Waals surface area contributed by atoms with Gasteiger partial charge in [-0.3, -0.25) is 9.89 Å². The van der Waals surface area contributed by atoms with Crippen molar-refractivity contribution in [3.63, 3.8) is 0 Å². The smallest absolute Gasteiger partial charge is 0.260 e. The van der Waals surface area contributed by atoms with Crippen LogP contribution in [-0.4, -0.2) is 25.9 Å². The van der Waals surface area contributed by atoms with Gasteiger partial charge in [0.05, 0.1) is 23.6 Å². The SMILES string of the molecule is Cc1[nH]ncc1C(=O)Nc1ccnn1-c1ccc(N)cc1. The van der Waals surface area contributed by atoms with Crippen molar-refractivity contribution in [2.75, 3.05) is 11.1 Å². The van der Waals surface area contributed by atoms with E-state index in [1.807, 2.05) is 12.1 Å². The number of nitrogens with zero attached hydrogens (tertiary/aromatic N) is 3. The number of hydrogen-bond donors (Lipinski definition) is 3. The van der Waals surface area contributed by atoms with Gasteiger partial charge in [-0.25, -0.2) is 4.68 Å². The lowest BCUT2D eigenvalue weighted by atomic mass is 10.2. The first-order chi connectivity index (χ1) is 10.1. The van der Waals surface area contributed by atoms with E-state index in [2.05, 4.69) is 20.6 Å². The monoisotopic (exact) mass is 282 g/mol. The summed E-state index contributed by atoms with van der Waals surface area (Å²) in [7, 11) is 0. The molecule has 0 aliphatic heterocycles. The summed E-state index contributed by atoms with van der Waals surface area (Å²) in [5, 5.41) is 13.6. The van der Waals surface area contributed by atoms with E-state index in [9.17, 15) is 4.79 Å². The van der Waals surface area contributed by atoms with Crippen LogP contribution >= 0.6 is 0 Å². The third-order valence-corrected chi connectivity index (χ3v) is 3.10. The van der Waals surface area contributed by atoms with Crippen molar-refractivity contribution in [3.05, 3.63) is 54.0 Å². The molecule has 3 aromatic rings. The Kier molecular flexibility index (Phi) is 3.15. The molecule has 7 heteroatoms. The Hall–Kier alpha value is -3.09. The minimum Gasteiger partial charge on any atom is -0.399 e. The number of anilines is 2. The Morgan fingerprint density at radius 2 is 2.05 bits per heavy atom. The Morgan fingerprint density at radius 1 is 1.29 bits per heavy atom. The number of nitrogens with one attached hydrogen (secondary N) is 2. The molecule has 0 fully saturated rings. The molecule has 0 atom stereocenters. The van der Waals surface area contributed by atoms with Gasteiger partial charge in [-0.05, 0) is 31.2 Å². The van der Waals surface area contributed by atoms with Crippen LogP contribution in [0, 0.1) is 6.92 Å². The number of aromatic nitrogens is 4. The summed E-state index contributed by atoms with van der Waals surface area (Å²) in [6.45, 7) is 1.79. The predicted molar refractivity (Wildman–Crippen MR) is 79.3 cm³/mol. The van der Waals surface area contributed by atoms with Crippen LogP contribution in [0.3, 0.4) is 0 Å². The van der Waals surface area contributed by atoms with E-state index in [0.717, 1.165) is 5.69 Å². The summed E-state index contributed by atoms with van der Waals surface area (Å²) in [5.74, 6) is 0.337. The van der Waals surface area contributed by atoms with Gasteiger partial charge in [0.25, 0.3) is 5.91 Å². The summed E-state index contributed by atoms with van der Waals surface area (Å²) in [4.78, 5) is 12.2. The molecular formula is C14H14N6O. The highest BCUT2D eigenvalue weighted by Gasteiger charge is 2.13. The normalized spacial score (nSPS) is 10.5. The first-order valence-corrected chi connectivity index (χ1v) is 6.36. The summed E-state index contributed by atoms with van der Waals surface area (Å²) < 4.78 is 1.63. The van der Waals surface area contributed by atoms with Crippen LogP contribution in [0.1, 0.15) is 16.1 Å². The fourth-order valence-corrected chi connectivity index (χ4v) is 1.98. The summed E-state index contributed by atoms with van der Waals surface area (Å²) in [6.07, 6.45) is 3.11. The summed E-state index contributed by atoms with van der Waals surface area (Å²) in [5.41, 5.74) is 8.37. The van der Waals surface area contributed by atoms with Crippen molar-refractivity contribution >= 4 is 17.4 Å². The molecule has 0 spiro atoms. The van der Waals surface area contributed by atoms with Gasteiger partial charge in [0.2, 0.25) is 0 Å². The number of rotatable bonds is 3. The van der Waals surface area contributed by atoms with Crippen molar-refractivity contribution in [2.24, 2.45) is 0 Å². The van der Waals surface area contributed by atoms with Crippen molar-refractivity contribution < 1.29 is 4.79 Å². The maximum absolute atomic E-state index is 12.2. The Labute approximate surface area is 120 Å². The van der Waals surface area contributed by atoms with Crippen molar-refractivity contribution in [1.82, 2.24) is 20.0 Å². The number of aryl methyl sites for hydroxylation is 1. The number of nitrogens with two attached hydrogens (primary N) is 1. The third kappa shape index (κ3) is 2.48. The molecule has 0 aliphatic carbocycles. The largest absolute Gasteiger partial charge is 0.399 e. The van der Waals surface area contributed by atoms with Gasteiger partial charge in [0.1, 0.15) is 5.82 Å². The molecule has 2 heterocycles.